The van der Waals surface area contributed by atoms with Gasteiger partial charge in [0.05, 0.1) is 0 Å². The van der Waals surface area contributed by atoms with E-state index < -0.39 is 0 Å². The highest BCUT2D eigenvalue weighted by Crippen LogP contribution is 1.98. The van der Waals surface area contributed by atoms with Gasteiger partial charge in [-0.3, -0.25) is 0 Å². The van der Waals surface area contributed by atoms with Gasteiger partial charge in [0, 0.05) is 26.0 Å². The molecule has 0 aliphatic rings. The van der Waals surface area contributed by atoms with E-state index in [1.807, 2.05) is 32.1 Å². The number of nitrogens with two attached hydrogens (primary N) is 1. The Kier molecular flexibility index (Phi) is 2.85. The molecule has 0 rings (SSSR count). The molecule has 0 fully saturated rings. The quantitative estimate of drug-likeness (QED) is 0.557. The fraction of sp³-hybridized carbons (Fsp3) is 0.429. The zero-order valence-electron chi connectivity index (χ0n) is 6.31. The zero-order chi connectivity index (χ0) is 7.44. The molecule has 9 heavy (non-hydrogen) atoms. The summed E-state index contributed by atoms with van der Waals surface area (Å²) in [7, 11) is 3.90. The van der Waals surface area contributed by atoms with Crippen LogP contribution in [-0.4, -0.2) is 19.0 Å². The summed E-state index contributed by atoms with van der Waals surface area (Å²) in [5.74, 6) is 0. The minimum absolute atomic E-state index is 0.628. The fourth-order valence-corrected chi connectivity index (χ4v) is 0.470. The Hall–Kier alpha value is -0.920. The highest BCUT2D eigenvalue weighted by atomic mass is 15.0. The molecule has 0 spiro atoms. The predicted octanol–water partition coefficient (Wildman–Crippen LogP) is 0.924. The lowest BCUT2D eigenvalue weighted by Gasteiger charge is -2.06. The van der Waals surface area contributed by atoms with Gasteiger partial charge < -0.3 is 10.6 Å². The molecule has 2 heteroatoms. The van der Waals surface area contributed by atoms with Gasteiger partial charge in [-0.05, 0) is 12.5 Å². The topological polar surface area (TPSA) is 29.3 Å². The molecule has 0 radical (unpaired) electrons. The van der Waals surface area contributed by atoms with Crippen LogP contribution < -0.4 is 5.73 Å². The molecule has 52 valence electrons. The van der Waals surface area contributed by atoms with Gasteiger partial charge in [-0.1, -0.05) is 6.58 Å². The normalized spacial score (nSPS) is 11.2. The Morgan fingerprint density at radius 3 is 2.11 bits per heavy atom. The van der Waals surface area contributed by atoms with Crippen LogP contribution in [0.25, 0.3) is 0 Å². The van der Waals surface area contributed by atoms with E-state index in [-0.39, 0.29) is 0 Å². The van der Waals surface area contributed by atoms with Crippen LogP contribution in [0.5, 0.6) is 0 Å². The van der Waals surface area contributed by atoms with E-state index >= 15 is 0 Å². The first-order valence-corrected chi connectivity index (χ1v) is 2.83. The van der Waals surface area contributed by atoms with E-state index in [2.05, 4.69) is 6.58 Å². The van der Waals surface area contributed by atoms with Gasteiger partial charge in [0.2, 0.25) is 0 Å². The lowest BCUT2D eigenvalue weighted by molar-refractivity contribution is 0.559. The number of hydrogen-bond acceptors (Lipinski definition) is 2. The number of hydrogen-bond donors (Lipinski definition) is 1. The molecule has 0 aromatic heterocycles. The Bertz CT molecular complexity index is 134. The van der Waals surface area contributed by atoms with Crippen LogP contribution in [-0.2, 0) is 0 Å². The van der Waals surface area contributed by atoms with Crippen LogP contribution in [0.2, 0.25) is 0 Å². The maximum atomic E-state index is 5.39. The first kappa shape index (κ1) is 8.08. The molecule has 0 heterocycles. The third-order valence-corrected chi connectivity index (χ3v) is 0.958. The average molecular weight is 126 g/mol. The van der Waals surface area contributed by atoms with E-state index in [1.54, 1.807) is 0 Å². The highest BCUT2D eigenvalue weighted by Gasteiger charge is 1.88. The molecule has 2 N–H and O–H groups in total. The van der Waals surface area contributed by atoms with Gasteiger partial charge in [0.1, 0.15) is 0 Å². The van der Waals surface area contributed by atoms with Crippen molar-refractivity contribution < 1.29 is 0 Å². The van der Waals surface area contributed by atoms with Crippen molar-refractivity contribution in [3.63, 3.8) is 0 Å². The van der Waals surface area contributed by atoms with Crippen LogP contribution in [0.3, 0.4) is 0 Å². The summed E-state index contributed by atoms with van der Waals surface area (Å²) in [6, 6.07) is 0. The Balaban J connectivity index is 4.00. The van der Waals surface area contributed by atoms with Crippen molar-refractivity contribution in [1.29, 1.82) is 0 Å². The van der Waals surface area contributed by atoms with Crippen molar-refractivity contribution in [3.05, 3.63) is 24.0 Å². The lowest BCUT2D eigenvalue weighted by atomic mass is 10.3. The Labute approximate surface area is 56.6 Å². The fourth-order valence-electron chi connectivity index (χ4n) is 0.470. The van der Waals surface area contributed by atoms with Crippen LogP contribution in [0.4, 0.5) is 0 Å². The van der Waals surface area contributed by atoms with E-state index in [4.69, 9.17) is 5.73 Å². The van der Waals surface area contributed by atoms with E-state index in [1.165, 1.54) is 0 Å². The molecule has 0 aliphatic heterocycles. The van der Waals surface area contributed by atoms with E-state index in [0.717, 1.165) is 5.57 Å². The molecule has 0 aliphatic carbocycles. The lowest BCUT2D eigenvalue weighted by Crippen LogP contribution is -2.05. The van der Waals surface area contributed by atoms with Gasteiger partial charge in [0.15, 0.2) is 0 Å². The second-order valence-electron chi connectivity index (χ2n) is 2.30. The smallest absolute Gasteiger partial charge is 0.0285 e. The second kappa shape index (κ2) is 3.17. The molecule has 0 aromatic carbocycles. The van der Waals surface area contributed by atoms with Crippen molar-refractivity contribution in [2.75, 3.05) is 14.1 Å². The maximum Gasteiger partial charge on any atom is 0.0285 e. The van der Waals surface area contributed by atoms with Gasteiger partial charge in [0.25, 0.3) is 0 Å². The SMILES string of the molecule is C=C(N)/C(C)=C\N(C)C. The van der Waals surface area contributed by atoms with Gasteiger partial charge in [-0.2, -0.15) is 0 Å². The minimum Gasteiger partial charge on any atom is -0.399 e. The van der Waals surface area contributed by atoms with Crippen molar-refractivity contribution in [2.24, 2.45) is 5.73 Å². The molecule has 0 unspecified atom stereocenters. The third kappa shape index (κ3) is 3.64. The van der Waals surface area contributed by atoms with Gasteiger partial charge in [-0.15, -0.1) is 0 Å². The van der Waals surface area contributed by atoms with E-state index in [9.17, 15) is 0 Å². The zero-order valence-corrected chi connectivity index (χ0v) is 6.31. The van der Waals surface area contributed by atoms with Crippen LogP contribution in [0.1, 0.15) is 6.92 Å². The summed E-state index contributed by atoms with van der Waals surface area (Å²) in [5, 5.41) is 0. The third-order valence-electron chi connectivity index (χ3n) is 0.958. The molecule has 2 nitrogen and oxygen atoms in total. The largest absolute Gasteiger partial charge is 0.399 e. The minimum atomic E-state index is 0.628. The van der Waals surface area contributed by atoms with Crippen molar-refractivity contribution in [3.8, 4) is 0 Å². The highest BCUT2D eigenvalue weighted by molar-refractivity contribution is 5.21. The van der Waals surface area contributed by atoms with E-state index in [0.29, 0.717) is 5.70 Å². The van der Waals surface area contributed by atoms with Gasteiger partial charge >= 0.3 is 0 Å². The summed E-state index contributed by atoms with van der Waals surface area (Å²) >= 11 is 0. The Morgan fingerprint density at radius 1 is 1.56 bits per heavy atom. The monoisotopic (exact) mass is 126 g/mol. The van der Waals surface area contributed by atoms with Crippen LogP contribution in [0.15, 0.2) is 24.0 Å². The summed E-state index contributed by atoms with van der Waals surface area (Å²) < 4.78 is 0. The van der Waals surface area contributed by atoms with Crippen molar-refractivity contribution in [1.82, 2.24) is 4.90 Å². The molecule has 0 saturated heterocycles. The number of nitrogens with zero attached hydrogens (tertiary/aromatic N) is 1. The predicted molar refractivity (Wildman–Crippen MR) is 40.8 cm³/mol. The average Bonchev–Trinajstić information content (AvgIpc) is 1.63. The van der Waals surface area contributed by atoms with Gasteiger partial charge in [-0.25, -0.2) is 0 Å². The second-order valence-corrected chi connectivity index (χ2v) is 2.30. The maximum absolute atomic E-state index is 5.39. The number of allylic oxidation sites excluding steroid dienone is 1. The molecule has 0 bridgehead atoms. The summed E-state index contributed by atoms with van der Waals surface area (Å²) in [6.45, 7) is 5.52. The molecule has 0 saturated carbocycles. The van der Waals surface area contributed by atoms with Crippen molar-refractivity contribution >= 4 is 0 Å². The number of rotatable bonds is 2. The first-order chi connectivity index (χ1) is 4.04. The first-order valence-electron chi connectivity index (χ1n) is 2.83. The van der Waals surface area contributed by atoms with Crippen LogP contribution >= 0.6 is 0 Å². The molecular weight excluding hydrogens is 112 g/mol. The van der Waals surface area contributed by atoms with Crippen LogP contribution in [0, 0.1) is 0 Å². The summed E-state index contributed by atoms with van der Waals surface area (Å²) in [4.78, 5) is 1.94. The Morgan fingerprint density at radius 2 is 2.00 bits per heavy atom. The summed E-state index contributed by atoms with van der Waals surface area (Å²) in [6.07, 6.45) is 1.93. The van der Waals surface area contributed by atoms with Crippen molar-refractivity contribution in [2.45, 2.75) is 6.92 Å². The summed E-state index contributed by atoms with van der Waals surface area (Å²) in [5.41, 5.74) is 7.04. The molecular formula is C7H14N2. The molecule has 0 aromatic rings. The molecule has 0 atom stereocenters. The standard InChI is InChI=1S/C7H14N2/c1-6(7(2)8)5-9(3)4/h5H,2,8H2,1,3-4H3/b6-5-. The molecule has 0 amide bonds.